The average molecular weight is 451 g/mol. The van der Waals surface area contributed by atoms with Gasteiger partial charge in [0.05, 0.1) is 5.60 Å². The SMILES string of the molecule is C=C[C@]12O[C@H](O)[C@H](CCO[Si](c3ccccc3)(c3ccccc3)C(C)(C)C)[C@H]1CC2(C)C. The number of rotatable bonds is 7. The van der Waals surface area contributed by atoms with Crippen molar-refractivity contribution in [3.05, 3.63) is 73.3 Å². The number of hydrogen-bond donors (Lipinski definition) is 1. The van der Waals surface area contributed by atoms with Gasteiger partial charge in [0.25, 0.3) is 8.32 Å². The molecule has 2 aliphatic rings. The topological polar surface area (TPSA) is 38.7 Å². The number of fused-ring (bicyclic) bond motifs is 1. The van der Waals surface area contributed by atoms with Gasteiger partial charge in [0.2, 0.25) is 0 Å². The maximum Gasteiger partial charge on any atom is 0.261 e. The van der Waals surface area contributed by atoms with E-state index in [1.165, 1.54) is 10.4 Å². The summed E-state index contributed by atoms with van der Waals surface area (Å²) in [5, 5.41) is 13.3. The predicted octanol–water partition coefficient (Wildman–Crippen LogP) is 4.89. The standard InChI is InChI=1S/C28H38O3Si/c1-7-28-24(20-27(28,5)6)23(25(29)31-28)18-19-30-32(26(2,3)4,21-14-10-8-11-15-21)22-16-12-9-13-17-22/h7-17,23-25,29H,1,18-20H2,2-6H3/t23-,24-,25+,28+/m1/s1. The van der Waals surface area contributed by atoms with Crippen LogP contribution in [0.1, 0.15) is 47.5 Å². The Labute approximate surface area is 194 Å². The highest BCUT2D eigenvalue weighted by molar-refractivity contribution is 6.99. The molecule has 1 aliphatic heterocycles. The fourth-order valence-corrected chi connectivity index (χ4v) is 10.9. The van der Waals surface area contributed by atoms with Crippen molar-refractivity contribution in [3.8, 4) is 0 Å². The van der Waals surface area contributed by atoms with E-state index < -0.39 is 20.2 Å². The van der Waals surface area contributed by atoms with Crippen LogP contribution in [0.2, 0.25) is 5.04 Å². The minimum absolute atomic E-state index is 0.00794. The van der Waals surface area contributed by atoms with Gasteiger partial charge in [-0.15, -0.1) is 6.58 Å². The molecule has 4 rings (SSSR count). The third-order valence-corrected chi connectivity index (χ3v) is 13.1. The van der Waals surface area contributed by atoms with Crippen molar-refractivity contribution < 1.29 is 14.3 Å². The second-order valence-corrected chi connectivity index (χ2v) is 15.5. The zero-order chi connectivity index (χ0) is 23.2. The summed E-state index contributed by atoms with van der Waals surface area (Å²) < 4.78 is 13.2. The molecule has 1 N–H and O–H groups in total. The molecule has 2 fully saturated rings. The minimum Gasteiger partial charge on any atom is -0.407 e. The quantitative estimate of drug-likeness (QED) is 0.482. The first-order valence-electron chi connectivity index (χ1n) is 11.8. The van der Waals surface area contributed by atoms with Crippen molar-refractivity contribution in [1.82, 2.24) is 0 Å². The van der Waals surface area contributed by atoms with E-state index >= 15 is 0 Å². The van der Waals surface area contributed by atoms with Gasteiger partial charge in [-0.3, -0.25) is 0 Å². The summed E-state index contributed by atoms with van der Waals surface area (Å²) in [4.78, 5) is 0. The summed E-state index contributed by atoms with van der Waals surface area (Å²) >= 11 is 0. The highest BCUT2D eigenvalue weighted by Crippen LogP contribution is 2.64. The first-order valence-corrected chi connectivity index (χ1v) is 13.7. The lowest BCUT2D eigenvalue weighted by atomic mass is 9.50. The van der Waals surface area contributed by atoms with Crippen LogP contribution in [0.15, 0.2) is 73.3 Å². The maximum absolute atomic E-state index is 10.8. The predicted molar refractivity (Wildman–Crippen MR) is 134 cm³/mol. The van der Waals surface area contributed by atoms with Gasteiger partial charge in [-0.25, -0.2) is 0 Å². The zero-order valence-corrected chi connectivity index (χ0v) is 21.2. The Morgan fingerprint density at radius 1 is 1.06 bits per heavy atom. The Morgan fingerprint density at radius 2 is 1.59 bits per heavy atom. The van der Waals surface area contributed by atoms with Crippen LogP contribution in [0.5, 0.6) is 0 Å². The monoisotopic (exact) mass is 450 g/mol. The minimum atomic E-state index is -2.56. The molecule has 172 valence electrons. The normalized spacial score (nSPS) is 29.2. The van der Waals surface area contributed by atoms with E-state index in [1.807, 2.05) is 6.08 Å². The lowest BCUT2D eigenvalue weighted by Crippen LogP contribution is -2.66. The van der Waals surface area contributed by atoms with Crippen molar-refractivity contribution >= 4 is 18.7 Å². The van der Waals surface area contributed by atoms with Crippen LogP contribution in [0.4, 0.5) is 0 Å². The van der Waals surface area contributed by atoms with E-state index in [2.05, 4.69) is 102 Å². The molecule has 1 saturated heterocycles. The summed E-state index contributed by atoms with van der Waals surface area (Å²) in [6, 6.07) is 21.4. The van der Waals surface area contributed by atoms with E-state index in [-0.39, 0.29) is 16.4 Å². The molecule has 1 saturated carbocycles. The van der Waals surface area contributed by atoms with E-state index in [4.69, 9.17) is 9.16 Å². The van der Waals surface area contributed by atoms with Crippen molar-refractivity contribution in [3.63, 3.8) is 0 Å². The third kappa shape index (κ3) is 3.43. The Bertz CT molecular complexity index is 895. The van der Waals surface area contributed by atoms with Gasteiger partial charge >= 0.3 is 0 Å². The highest BCUT2D eigenvalue weighted by Gasteiger charge is 2.68. The summed E-state index contributed by atoms with van der Waals surface area (Å²) in [6.07, 6.45) is 2.98. The molecule has 1 heterocycles. The number of ether oxygens (including phenoxy) is 1. The van der Waals surface area contributed by atoms with Crippen LogP contribution >= 0.6 is 0 Å². The van der Waals surface area contributed by atoms with Crippen LogP contribution in [0.3, 0.4) is 0 Å². The van der Waals surface area contributed by atoms with Crippen molar-refractivity contribution in [2.75, 3.05) is 6.61 Å². The smallest absolute Gasteiger partial charge is 0.261 e. The van der Waals surface area contributed by atoms with Crippen LogP contribution in [-0.4, -0.2) is 31.9 Å². The van der Waals surface area contributed by atoms with Gasteiger partial charge in [0.1, 0.15) is 0 Å². The lowest BCUT2D eigenvalue weighted by Gasteiger charge is -2.57. The second-order valence-electron chi connectivity index (χ2n) is 11.2. The van der Waals surface area contributed by atoms with Gasteiger partial charge in [0.15, 0.2) is 6.29 Å². The average Bonchev–Trinajstić information content (AvgIpc) is 3.00. The van der Waals surface area contributed by atoms with E-state index in [0.29, 0.717) is 12.5 Å². The molecule has 3 nitrogen and oxygen atoms in total. The molecule has 2 aromatic carbocycles. The second kappa shape index (κ2) is 8.25. The number of aliphatic hydroxyl groups excluding tert-OH is 1. The van der Waals surface area contributed by atoms with Gasteiger partial charge < -0.3 is 14.3 Å². The molecule has 0 radical (unpaired) electrons. The zero-order valence-electron chi connectivity index (χ0n) is 20.2. The first-order chi connectivity index (χ1) is 15.1. The van der Waals surface area contributed by atoms with Gasteiger partial charge in [-0.05, 0) is 33.7 Å². The molecule has 2 aromatic rings. The fraction of sp³-hybridized carbons (Fsp3) is 0.500. The fourth-order valence-electron chi connectivity index (χ4n) is 6.36. The first kappa shape index (κ1) is 23.4. The molecule has 0 spiro atoms. The summed E-state index contributed by atoms with van der Waals surface area (Å²) in [7, 11) is -2.56. The van der Waals surface area contributed by atoms with Crippen LogP contribution in [0, 0.1) is 17.3 Å². The third-order valence-electron chi connectivity index (χ3n) is 8.03. The number of hydrogen-bond acceptors (Lipinski definition) is 3. The molecule has 0 amide bonds. The van der Waals surface area contributed by atoms with Crippen molar-refractivity contribution in [2.45, 2.75) is 64.4 Å². The Kier molecular flexibility index (Phi) is 6.04. The van der Waals surface area contributed by atoms with Crippen molar-refractivity contribution in [2.24, 2.45) is 17.3 Å². The summed E-state index contributed by atoms with van der Waals surface area (Å²) in [5.74, 6) is 0.368. The van der Waals surface area contributed by atoms with E-state index in [1.54, 1.807) is 0 Å². The molecule has 4 heteroatoms. The molecular weight excluding hydrogens is 412 g/mol. The number of benzene rings is 2. The van der Waals surface area contributed by atoms with Crippen LogP contribution in [-0.2, 0) is 9.16 Å². The largest absolute Gasteiger partial charge is 0.407 e. The molecule has 4 atom stereocenters. The van der Waals surface area contributed by atoms with Crippen LogP contribution < -0.4 is 10.4 Å². The molecule has 0 unspecified atom stereocenters. The van der Waals surface area contributed by atoms with Gasteiger partial charge in [0, 0.05) is 18.4 Å². The summed E-state index contributed by atoms with van der Waals surface area (Å²) in [6.45, 7) is 16.0. The Balaban J connectivity index is 1.62. The Morgan fingerprint density at radius 3 is 2.00 bits per heavy atom. The number of aliphatic hydroxyl groups is 1. The Hall–Kier alpha value is -1.72. The molecule has 32 heavy (non-hydrogen) atoms. The highest BCUT2D eigenvalue weighted by atomic mass is 28.4. The van der Waals surface area contributed by atoms with Gasteiger partial charge in [-0.1, -0.05) is 101 Å². The lowest BCUT2D eigenvalue weighted by molar-refractivity contribution is -0.202. The van der Waals surface area contributed by atoms with E-state index in [9.17, 15) is 5.11 Å². The van der Waals surface area contributed by atoms with E-state index in [0.717, 1.165) is 12.8 Å². The molecule has 0 bridgehead atoms. The maximum atomic E-state index is 10.8. The molecule has 1 aliphatic carbocycles. The summed E-state index contributed by atoms with van der Waals surface area (Å²) in [5.41, 5.74) is -0.414. The van der Waals surface area contributed by atoms with Crippen molar-refractivity contribution in [1.29, 1.82) is 0 Å². The van der Waals surface area contributed by atoms with Crippen LogP contribution in [0.25, 0.3) is 0 Å². The van der Waals surface area contributed by atoms with Gasteiger partial charge in [-0.2, -0.15) is 0 Å². The molecule has 0 aromatic heterocycles. The molecular formula is C28H38O3Si.